The lowest BCUT2D eigenvalue weighted by molar-refractivity contribution is -0.126. The van der Waals surface area contributed by atoms with Crippen LogP contribution in [-0.2, 0) is 17.8 Å². The molecule has 0 aliphatic carbocycles. The lowest BCUT2D eigenvalue weighted by Crippen LogP contribution is -2.51. The average molecular weight is 369 g/mol. The Kier molecular flexibility index (Phi) is 6.19. The highest BCUT2D eigenvalue weighted by Crippen LogP contribution is 2.23. The first kappa shape index (κ1) is 19.0. The van der Waals surface area contributed by atoms with E-state index in [1.807, 2.05) is 12.1 Å². The van der Waals surface area contributed by atoms with Crippen molar-refractivity contribution in [2.24, 2.45) is 0 Å². The van der Waals surface area contributed by atoms with Crippen molar-refractivity contribution in [2.45, 2.75) is 25.9 Å². The first-order valence-electron chi connectivity index (χ1n) is 9.20. The molecule has 2 amide bonds. The minimum absolute atomic E-state index is 0.0256. The number of benzene rings is 2. The topological polar surface area (TPSA) is 61.4 Å². The number of amides is 2. The second-order valence-electron chi connectivity index (χ2n) is 6.61. The normalized spacial score (nSPS) is 16.4. The Balaban J connectivity index is 1.49. The Morgan fingerprint density at radius 1 is 1.04 bits per heavy atom. The molecule has 1 unspecified atom stereocenters. The van der Waals surface area contributed by atoms with E-state index in [0.717, 1.165) is 13.1 Å². The number of hydrogen-bond acceptors (Lipinski definition) is 3. The maximum atomic E-state index is 12.9. The summed E-state index contributed by atoms with van der Waals surface area (Å²) >= 11 is 0. The van der Waals surface area contributed by atoms with E-state index >= 15 is 0 Å². The molecule has 1 heterocycles. The molecule has 0 bridgehead atoms. The van der Waals surface area contributed by atoms with Crippen LogP contribution in [0.25, 0.3) is 0 Å². The Morgan fingerprint density at radius 2 is 1.70 bits per heavy atom. The van der Waals surface area contributed by atoms with E-state index in [1.54, 1.807) is 0 Å². The van der Waals surface area contributed by atoms with E-state index < -0.39 is 0 Å². The van der Waals surface area contributed by atoms with Gasteiger partial charge in [-0.1, -0.05) is 31.2 Å². The number of hydrogen-bond donors (Lipinski definition) is 2. The van der Waals surface area contributed by atoms with Crippen LogP contribution in [0.1, 0.15) is 28.4 Å². The predicted molar refractivity (Wildman–Crippen MR) is 102 cm³/mol. The third-order valence-corrected chi connectivity index (χ3v) is 4.87. The summed E-state index contributed by atoms with van der Waals surface area (Å²) in [5.41, 5.74) is 2.88. The number of rotatable bonds is 6. The molecule has 0 saturated heterocycles. The Labute approximate surface area is 158 Å². The number of halogens is 1. The second kappa shape index (κ2) is 8.77. The van der Waals surface area contributed by atoms with Crippen molar-refractivity contribution in [1.29, 1.82) is 0 Å². The van der Waals surface area contributed by atoms with Crippen LogP contribution in [0, 0.1) is 5.82 Å². The van der Waals surface area contributed by atoms with Gasteiger partial charge in [-0.15, -0.1) is 0 Å². The van der Waals surface area contributed by atoms with Crippen molar-refractivity contribution in [2.75, 3.05) is 19.6 Å². The highest BCUT2D eigenvalue weighted by atomic mass is 19.1. The molecule has 2 N–H and O–H groups in total. The highest BCUT2D eigenvalue weighted by molar-refractivity contribution is 5.94. The van der Waals surface area contributed by atoms with Crippen molar-refractivity contribution in [3.8, 4) is 0 Å². The second-order valence-corrected chi connectivity index (χ2v) is 6.61. The SMILES string of the molecule is CCN1Cc2ccccc2CC1C(=O)NCCNC(=O)c1ccc(F)cc1. The summed E-state index contributed by atoms with van der Waals surface area (Å²) < 4.78 is 12.9. The maximum Gasteiger partial charge on any atom is 0.251 e. The molecule has 0 aromatic heterocycles. The van der Waals surface area contributed by atoms with Crippen LogP contribution in [0.4, 0.5) is 4.39 Å². The summed E-state index contributed by atoms with van der Waals surface area (Å²) in [4.78, 5) is 26.8. The van der Waals surface area contributed by atoms with Crippen LogP contribution in [0.2, 0.25) is 0 Å². The Hall–Kier alpha value is -2.73. The van der Waals surface area contributed by atoms with E-state index in [0.29, 0.717) is 25.1 Å². The number of fused-ring (bicyclic) bond motifs is 1. The third-order valence-electron chi connectivity index (χ3n) is 4.87. The largest absolute Gasteiger partial charge is 0.353 e. The molecule has 0 fully saturated rings. The molecule has 6 heteroatoms. The Morgan fingerprint density at radius 3 is 2.41 bits per heavy atom. The van der Waals surface area contributed by atoms with Gasteiger partial charge in [-0.25, -0.2) is 4.39 Å². The highest BCUT2D eigenvalue weighted by Gasteiger charge is 2.30. The molecule has 0 spiro atoms. The van der Waals surface area contributed by atoms with Gasteiger partial charge in [-0.3, -0.25) is 14.5 Å². The van der Waals surface area contributed by atoms with Gasteiger partial charge in [0.25, 0.3) is 5.91 Å². The summed E-state index contributed by atoms with van der Waals surface area (Å²) in [6.07, 6.45) is 0.692. The molecule has 1 aliphatic heterocycles. The fourth-order valence-corrected chi connectivity index (χ4v) is 3.35. The summed E-state index contributed by atoms with van der Waals surface area (Å²) in [5.74, 6) is -0.693. The summed E-state index contributed by atoms with van der Waals surface area (Å²) in [7, 11) is 0. The van der Waals surface area contributed by atoms with Gasteiger partial charge in [0.15, 0.2) is 0 Å². The van der Waals surface area contributed by atoms with E-state index in [1.165, 1.54) is 35.4 Å². The van der Waals surface area contributed by atoms with Gasteiger partial charge in [-0.2, -0.15) is 0 Å². The van der Waals surface area contributed by atoms with E-state index in [-0.39, 0.29) is 23.7 Å². The minimum Gasteiger partial charge on any atom is -0.353 e. The molecule has 142 valence electrons. The molecule has 3 rings (SSSR count). The van der Waals surface area contributed by atoms with Crippen LogP contribution >= 0.6 is 0 Å². The zero-order chi connectivity index (χ0) is 19.2. The standard InChI is InChI=1S/C21H24FN3O2/c1-2-25-14-17-6-4-3-5-16(17)13-19(25)21(27)24-12-11-23-20(26)15-7-9-18(22)10-8-15/h3-10,19H,2,11-14H2,1H3,(H,23,26)(H,24,27). The zero-order valence-electron chi connectivity index (χ0n) is 15.4. The Bertz CT molecular complexity index is 807. The van der Waals surface area contributed by atoms with Crippen molar-refractivity contribution in [3.05, 3.63) is 71.0 Å². The van der Waals surface area contributed by atoms with Crippen molar-refractivity contribution in [3.63, 3.8) is 0 Å². The van der Waals surface area contributed by atoms with E-state index in [2.05, 4.69) is 34.6 Å². The molecular weight excluding hydrogens is 345 g/mol. The average Bonchev–Trinajstić information content (AvgIpc) is 2.70. The van der Waals surface area contributed by atoms with Crippen molar-refractivity contribution < 1.29 is 14.0 Å². The number of nitrogens with zero attached hydrogens (tertiary/aromatic N) is 1. The first-order chi connectivity index (χ1) is 13.1. The minimum atomic E-state index is -0.381. The smallest absolute Gasteiger partial charge is 0.251 e. The van der Waals surface area contributed by atoms with Crippen LogP contribution < -0.4 is 10.6 Å². The quantitative estimate of drug-likeness (QED) is 0.767. The lowest BCUT2D eigenvalue weighted by atomic mass is 9.93. The third kappa shape index (κ3) is 4.71. The molecule has 0 saturated carbocycles. The number of likely N-dealkylation sites (N-methyl/N-ethyl adjacent to an activating group) is 1. The summed E-state index contributed by atoms with van der Waals surface area (Å²) in [5, 5.41) is 5.64. The molecule has 1 aliphatic rings. The van der Waals surface area contributed by atoms with E-state index in [4.69, 9.17) is 0 Å². The summed E-state index contributed by atoms with van der Waals surface area (Å²) in [6, 6.07) is 13.4. The van der Waals surface area contributed by atoms with Crippen LogP contribution in [0.3, 0.4) is 0 Å². The van der Waals surface area contributed by atoms with Gasteiger partial charge in [0.05, 0.1) is 6.04 Å². The van der Waals surface area contributed by atoms with Crippen LogP contribution in [0.15, 0.2) is 48.5 Å². The van der Waals surface area contributed by atoms with Gasteiger partial charge < -0.3 is 10.6 Å². The fraction of sp³-hybridized carbons (Fsp3) is 0.333. The van der Waals surface area contributed by atoms with E-state index in [9.17, 15) is 14.0 Å². The van der Waals surface area contributed by atoms with Gasteiger partial charge >= 0.3 is 0 Å². The van der Waals surface area contributed by atoms with Gasteiger partial charge in [0, 0.05) is 25.2 Å². The maximum absolute atomic E-state index is 12.9. The number of nitrogens with one attached hydrogen (secondary N) is 2. The van der Waals surface area contributed by atoms with Crippen molar-refractivity contribution in [1.82, 2.24) is 15.5 Å². The monoisotopic (exact) mass is 369 g/mol. The zero-order valence-corrected chi connectivity index (χ0v) is 15.4. The van der Waals surface area contributed by atoms with Gasteiger partial charge in [0.1, 0.15) is 5.82 Å². The molecule has 0 radical (unpaired) electrons. The molecule has 1 atom stereocenters. The molecule has 27 heavy (non-hydrogen) atoms. The van der Waals surface area contributed by atoms with Gasteiger partial charge in [-0.05, 0) is 48.4 Å². The summed E-state index contributed by atoms with van der Waals surface area (Å²) in [6.45, 7) is 4.29. The molecule has 2 aromatic carbocycles. The van der Waals surface area contributed by atoms with Gasteiger partial charge in [0.2, 0.25) is 5.91 Å². The lowest BCUT2D eigenvalue weighted by Gasteiger charge is -2.35. The number of carbonyl (C=O) groups is 2. The molecule has 5 nitrogen and oxygen atoms in total. The fourth-order valence-electron chi connectivity index (χ4n) is 3.35. The first-order valence-corrected chi connectivity index (χ1v) is 9.20. The van der Waals surface area contributed by atoms with Crippen molar-refractivity contribution >= 4 is 11.8 Å². The number of carbonyl (C=O) groups excluding carboxylic acids is 2. The molecular formula is C21H24FN3O2. The molecule has 2 aromatic rings. The van der Waals surface area contributed by atoms with Crippen LogP contribution in [-0.4, -0.2) is 42.4 Å². The predicted octanol–water partition coefficient (Wildman–Crippen LogP) is 2.12. The van der Waals surface area contributed by atoms with Crippen LogP contribution in [0.5, 0.6) is 0 Å².